The van der Waals surface area contributed by atoms with Crippen LogP contribution in [0.25, 0.3) is 94.8 Å². The second kappa shape index (κ2) is 9.73. The quantitative estimate of drug-likeness (QED) is 0.204. The summed E-state index contributed by atoms with van der Waals surface area (Å²) in [5, 5.41) is 5.76. The molecule has 3 heteroatoms. The molecule has 212 valence electrons. The summed E-state index contributed by atoms with van der Waals surface area (Å²) in [4.78, 5) is 0. The lowest BCUT2D eigenvalue weighted by Crippen LogP contribution is -1.93. The Balaban J connectivity index is 1.18. The van der Waals surface area contributed by atoms with Gasteiger partial charge in [-0.3, -0.25) is 0 Å². The molecule has 0 N–H and O–H groups in total. The van der Waals surface area contributed by atoms with E-state index in [1.54, 1.807) is 6.08 Å². The molecule has 9 aromatic rings. The van der Waals surface area contributed by atoms with Crippen LogP contribution in [0.4, 0.5) is 0 Å². The number of hydrogen-bond donors (Lipinski definition) is 0. The molecule has 0 unspecified atom stereocenters. The average molecular weight is 578 g/mol. The van der Waals surface area contributed by atoms with Crippen molar-refractivity contribution in [2.45, 2.75) is 0 Å². The highest BCUT2D eigenvalue weighted by atomic mass is 16.3. The van der Waals surface area contributed by atoms with E-state index in [-0.39, 0.29) is 0 Å². The largest absolute Gasteiger partial charge is 0.456 e. The number of aromatic nitrogens is 1. The number of benzene rings is 6. The molecular weight excluding hydrogens is 550 g/mol. The van der Waals surface area contributed by atoms with Crippen molar-refractivity contribution in [3.05, 3.63) is 152 Å². The predicted molar refractivity (Wildman–Crippen MR) is 189 cm³/mol. The highest BCUT2D eigenvalue weighted by molar-refractivity contribution is 6.13. The normalized spacial score (nSPS) is 11.7. The predicted octanol–water partition coefficient (Wildman–Crippen LogP) is 12.0. The number of furan rings is 2. The molecule has 0 amide bonds. The SMILES string of the molecule is C=Cc1oc2ccc(-c3ccc4c(c3)c3ccccc3n4-c3ccc(-c4cccc5oc6ccccc6c45)cc3)cc2c1C=C. The Bertz CT molecular complexity index is 2620. The summed E-state index contributed by atoms with van der Waals surface area (Å²) in [6, 6.07) is 45.1. The number of nitrogens with zero attached hydrogens (tertiary/aromatic N) is 1. The van der Waals surface area contributed by atoms with Crippen LogP contribution in [-0.4, -0.2) is 4.57 Å². The van der Waals surface area contributed by atoms with Crippen molar-refractivity contribution in [1.29, 1.82) is 0 Å². The van der Waals surface area contributed by atoms with Gasteiger partial charge < -0.3 is 13.4 Å². The molecule has 0 saturated heterocycles. The van der Waals surface area contributed by atoms with E-state index in [0.29, 0.717) is 0 Å². The van der Waals surface area contributed by atoms with Gasteiger partial charge in [0.2, 0.25) is 0 Å². The lowest BCUT2D eigenvalue weighted by atomic mass is 9.99. The zero-order chi connectivity index (χ0) is 30.1. The summed E-state index contributed by atoms with van der Waals surface area (Å²) >= 11 is 0. The zero-order valence-corrected chi connectivity index (χ0v) is 24.5. The van der Waals surface area contributed by atoms with Crippen LogP contribution in [0, 0.1) is 0 Å². The molecule has 3 aromatic heterocycles. The van der Waals surface area contributed by atoms with E-state index >= 15 is 0 Å². The molecule has 0 aliphatic rings. The molecule has 0 radical (unpaired) electrons. The van der Waals surface area contributed by atoms with Crippen molar-refractivity contribution in [3.63, 3.8) is 0 Å². The summed E-state index contributed by atoms with van der Waals surface area (Å²) in [5.41, 5.74) is 11.7. The van der Waals surface area contributed by atoms with Crippen molar-refractivity contribution in [2.75, 3.05) is 0 Å². The minimum Gasteiger partial charge on any atom is -0.456 e. The van der Waals surface area contributed by atoms with Crippen LogP contribution in [0.5, 0.6) is 0 Å². The van der Waals surface area contributed by atoms with E-state index in [4.69, 9.17) is 8.83 Å². The fourth-order valence-corrected chi connectivity index (χ4v) is 6.91. The van der Waals surface area contributed by atoms with Crippen molar-refractivity contribution in [3.8, 4) is 27.9 Å². The van der Waals surface area contributed by atoms with Gasteiger partial charge in [0.25, 0.3) is 0 Å². The molecule has 0 aliphatic carbocycles. The first-order valence-corrected chi connectivity index (χ1v) is 15.1. The lowest BCUT2D eigenvalue weighted by Gasteiger charge is -2.10. The maximum absolute atomic E-state index is 6.16. The van der Waals surface area contributed by atoms with Gasteiger partial charge in [0.05, 0.1) is 11.0 Å². The van der Waals surface area contributed by atoms with E-state index in [1.807, 2.05) is 30.3 Å². The molecule has 45 heavy (non-hydrogen) atoms. The Hall–Kier alpha value is -6.06. The monoisotopic (exact) mass is 577 g/mol. The molecule has 0 fully saturated rings. The maximum atomic E-state index is 6.16. The molecule has 0 saturated carbocycles. The van der Waals surface area contributed by atoms with Crippen LogP contribution in [0.3, 0.4) is 0 Å². The number of fused-ring (bicyclic) bond motifs is 7. The topological polar surface area (TPSA) is 31.2 Å². The minimum atomic E-state index is 0.747. The van der Waals surface area contributed by atoms with Crippen molar-refractivity contribution >= 4 is 66.9 Å². The third-order valence-electron chi connectivity index (χ3n) is 8.99. The molecule has 0 atom stereocenters. The summed E-state index contributed by atoms with van der Waals surface area (Å²) in [7, 11) is 0. The van der Waals surface area contributed by atoms with E-state index in [0.717, 1.165) is 66.6 Å². The summed E-state index contributed by atoms with van der Waals surface area (Å²) < 4.78 is 14.5. The van der Waals surface area contributed by atoms with Gasteiger partial charge in [0, 0.05) is 38.2 Å². The van der Waals surface area contributed by atoms with Crippen LogP contribution < -0.4 is 0 Å². The first-order valence-electron chi connectivity index (χ1n) is 15.1. The molecule has 3 nitrogen and oxygen atoms in total. The van der Waals surface area contributed by atoms with Gasteiger partial charge in [0.15, 0.2) is 0 Å². The van der Waals surface area contributed by atoms with Crippen LogP contribution in [0.15, 0.2) is 149 Å². The van der Waals surface area contributed by atoms with Gasteiger partial charge in [-0.15, -0.1) is 0 Å². The Morgan fingerprint density at radius 3 is 1.98 bits per heavy atom. The smallest absolute Gasteiger partial charge is 0.136 e. The third-order valence-corrected chi connectivity index (χ3v) is 8.99. The second-order valence-electron chi connectivity index (χ2n) is 11.4. The number of para-hydroxylation sites is 2. The van der Waals surface area contributed by atoms with Crippen LogP contribution in [0.1, 0.15) is 11.3 Å². The standard InChI is InChI=1S/C42H27NO2/c1-3-30-35-25-28(19-23-40(35)44-38(30)4-2)27-18-22-37-34(24-27)32-10-5-7-13-36(32)43(37)29-20-16-26(17-21-29)31-12-9-15-41-42(31)33-11-6-8-14-39(33)45-41/h3-25H,1-2H2. The third kappa shape index (κ3) is 3.77. The Kier molecular flexibility index (Phi) is 5.50. The fourth-order valence-electron chi connectivity index (χ4n) is 6.91. The molecule has 3 heterocycles. The van der Waals surface area contributed by atoms with Gasteiger partial charge in [-0.2, -0.15) is 0 Å². The average Bonchev–Trinajstić information content (AvgIpc) is 3.76. The molecule has 6 aromatic carbocycles. The minimum absolute atomic E-state index is 0.747. The van der Waals surface area contributed by atoms with E-state index in [2.05, 4.69) is 121 Å². The Labute approximate surface area is 259 Å². The fraction of sp³-hybridized carbons (Fsp3) is 0. The first kappa shape index (κ1) is 25.4. The maximum Gasteiger partial charge on any atom is 0.136 e. The van der Waals surface area contributed by atoms with E-state index in [9.17, 15) is 0 Å². The van der Waals surface area contributed by atoms with Gasteiger partial charge in [-0.05, 0) is 82.9 Å². The van der Waals surface area contributed by atoms with E-state index < -0.39 is 0 Å². The molecule has 0 bridgehead atoms. The highest BCUT2D eigenvalue weighted by Crippen LogP contribution is 2.39. The number of rotatable bonds is 5. The molecule has 0 aliphatic heterocycles. The van der Waals surface area contributed by atoms with Crippen LogP contribution in [0.2, 0.25) is 0 Å². The molecule has 9 rings (SSSR count). The van der Waals surface area contributed by atoms with E-state index in [1.165, 1.54) is 27.4 Å². The second-order valence-corrected chi connectivity index (χ2v) is 11.4. The summed E-state index contributed by atoms with van der Waals surface area (Å²) in [5.74, 6) is 0.747. The first-order chi connectivity index (χ1) is 22.2. The zero-order valence-electron chi connectivity index (χ0n) is 24.5. The van der Waals surface area contributed by atoms with Crippen molar-refractivity contribution in [1.82, 2.24) is 4.57 Å². The summed E-state index contributed by atoms with van der Waals surface area (Å²) in [6.45, 7) is 7.90. The summed E-state index contributed by atoms with van der Waals surface area (Å²) in [6.07, 6.45) is 3.58. The van der Waals surface area contributed by atoms with Crippen molar-refractivity contribution in [2.24, 2.45) is 0 Å². The van der Waals surface area contributed by atoms with Crippen molar-refractivity contribution < 1.29 is 8.83 Å². The van der Waals surface area contributed by atoms with Crippen LogP contribution in [-0.2, 0) is 0 Å². The Morgan fingerprint density at radius 1 is 0.489 bits per heavy atom. The van der Waals surface area contributed by atoms with Gasteiger partial charge in [-0.25, -0.2) is 0 Å². The van der Waals surface area contributed by atoms with Crippen LogP contribution >= 0.6 is 0 Å². The molecular formula is C42H27NO2. The number of hydrogen-bond acceptors (Lipinski definition) is 2. The lowest BCUT2D eigenvalue weighted by molar-refractivity contribution is 0.603. The highest BCUT2D eigenvalue weighted by Gasteiger charge is 2.16. The van der Waals surface area contributed by atoms with Gasteiger partial charge in [0.1, 0.15) is 22.5 Å². The Morgan fingerprint density at radius 2 is 1.16 bits per heavy atom. The van der Waals surface area contributed by atoms with Gasteiger partial charge in [-0.1, -0.05) is 92.0 Å². The molecule has 0 spiro atoms. The van der Waals surface area contributed by atoms with Gasteiger partial charge >= 0.3 is 0 Å².